The number of urea groups is 1. The highest BCUT2D eigenvalue weighted by atomic mass is 16.2. The molecule has 4 nitrogen and oxygen atoms in total. The van der Waals surface area contributed by atoms with Gasteiger partial charge in [-0.15, -0.1) is 0 Å². The van der Waals surface area contributed by atoms with E-state index in [2.05, 4.69) is 23.8 Å². The maximum absolute atomic E-state index is 11.4. The Balaban J connectivity index is 2.26. The number of nitrogens with zero attached hydrogens (tertiary/aromatic N) is 2. The third kappa shape index (κ3) is 1.05. The molecule has 0 bridgehead atoms. The van der Waals surface area contributed by atoms with E-state index < -0.39 is 0 Å². The third-order valence-electron chi connectivity index (χ3n) is 3.07. The molecule has 1 atom stereocenters. The van der Waals surface area contributed by atoms with Gasteiger partial charge in [0.15, 0.2) is 0 Å². The highest BCUT2D eigenvalue weighted by Crippen LogP contribution is 2.33. The molecule has 2 saturated heterocycles. The van der Waals surface area contributed by atoms with Crippen LogP contribution in [0.1, 0.15) is 6.42 Å². The third-order valence-corrected chi connectivity index (χ3v) is 3.07. The van der Waals surface area contributed by atoms with Crippen LogP contribution in [0.2, 0.25) is 0 Å². The molecule has 4 heteroatoms. The van der Waals surface area contributed by atoms with Crippen molar-refractivity contribution in [1.29, 1.82) is 0 Å². The molecule has 1 spiro atoms. The van der Waals surface area contributed by atoms with E-state index in [1.165, 1.54) is 0 Å². The summed E-state index contributed by atoms with van der Waals surface area (Å²) in [6, 6.07) is -0.0275. The number of carbonyl (C=O) groups excluding carboxylic acids is 1. The molecule has 0 saturated carbocycles. The van der Waals surface area contributed by atoms with Gasteiger partial charge in [0.1, 0.15) is 0 Å². The number of amides is 2. The van der Waals surface area contributed by atoms with Gasteiger partial charge in [0, 0.05) is 25.8 Å². The second kappa shape index (κ2) is 2.48. The van der Waals surface area contributed by atoms with Gasteiger partial charge in [-0.3, -0.25) is 4.90 Å². The summed E-state index contributed by atoms with van der Waals surface area (Å²) in [5.41, 5.74) is 0.725. The minimum absolute atomic E-state index is 0.0275. The average molecular weight is 181 g/mol. The van der Waals surface area contributed by atoms with Crippen molar-refractivity contribution in [3.05, 3.63) is 12.3 Å². The number of likely N-dealkylation sites (tertiary alicyclic amines) is 1. The van der Waals surface area contributed by atoms with E-state index in [1.807, 2.05) is 0 Å². The van der Waals surface area contributed by atoms with Gasteiger partial charge in [-0.2, -0.15) is 0 Å². The van der Waals surface area contributed by atoms with E-state index >= 15 is 0 Å². The summed E-state index contributed by atoms with van der Waals surface area (Å²) in [4.78, 5) is 15.2. The summed E-state index contributed by atoms with van der Waals surface area (Å²) in [6.45, 7) is 5.87. The minimum atomic E-state index is -0.180. The Bertz CT molecular complexity index is 276. The fourth-order valence-corrected chi connectivity index (χ4v) is 2.14. The quantitative estimate of drug-likeness (QED) is 0.580. The predicted molar refractivity (Wildman–Crippen MR) is 50.3 cm³/mol. The van der Waals surface area contributed by atoms with Gasteiger partial charge in [0.25, 0.3) is 0 Å². The van der Waals surface area contributed by atoms with Crippen molar-refractivity contribution in [2.45, 2.75) is 12.0 Å². The maximum atomic E-state index is 11.4. The number of likely N-dealkylation sites (N-methyl/N-ethyl adjacent to an activating group) is 2. The Labute approximate surface area is 78.2 Å². The molecular weight excluding hydrogens is 166 g/mol. The Hall–Kier alpha value is -1.03. The van der Waals surface area contributed by atoms with Crippen LogP contribution in [-0.4, -0.2) is 48.6 Å². The summed E-state index contributed by atoms with van der Waals surface area (Å²) < 4.78 is 0. The van der Waals surface area contributed by atoms with Gasteiger partial charge in [0.2, 0.25) is 0 Å². The van der Waals surface area contributed by atoms with Crippen molar-refractivity contribution < 1.29 is 4.79 Å². The first-order chi connectivity index (χ1) is 6.05. The zero-order valence-electron chi connectivity index (χ0n) is 8.13. The molecule has 2 fully saturated rings. The van der Waals surface area contributed by atoms with E-state index in [9.17, 15) is 4.79 Å². The van der Waals surface area contributed by atoms with Gasteiger partial charge < -0.3 is 10.2 Å². The Morgan fingerprint density at radius 1 is 1.54 bits per heavy atom. The van der Waals surface area contributed by atoms with Crippen molar-refractivity contribution in [3.63, 3.8) is 0 Å². The van der Waals surface area contributed by atoms with Crippen molar-refractivity contribution in [2.75, 3.05) is 27.2 Å². The van der Waals surface area contributed by atoms with Crippen LogP contribution in [0.25, 0.3) is 0 Å². The van der Waals surface area contributed by atoms with E-state index in [0.29, 0.717) is 0 Å². The molecule has 2 rings (SSSR count). The molecule has 1 unspecified atom stereocenters. The van der Waals surface area contributed by atoms with Crippen LogP contribution in [0.5, 0.6) is 0 Å². The molecule has 2 aliphatic rings. The molecule has 72 valence electrons. The molecule has 2 heterocycles. The van der Waals surface area contributed by atoms with Crippen LogP contribution < -0.4 is 5.32 Å². The first-order valence-electron chi connectivity index (χ1n) is 4.49. The van der Waals surface area contributed by atoms with Gasteiger partial charge in [-0.25, -0.2) is 4.79 Å². The smallest absolute Gasteiger partial charge is 0.322 e. The van der Waals surface area contributed by atoms with Crippen LogP contribution in [0.4, 0.5) is 4.79 Å². The second-order valence-corrected chi connectivity index (χ2v) is 4.01. The zero-order valence-corrected chi connectivity index (χ0v) is 8.13. The summed E-state index contributed by atoms with van der Waals surface area (Å²) >= 11 is 0. The SMILES string of the molecule is C=C1N(C)C(=O)NC12CCN(C)C2. The number of rotatable bonds is 0. The Morgan fingerprint density at radius 2 is 2.23 bits per heavy atom. The van der Waals surface area contributed by atoms with E-state index in [1.54, 1.807) is 11.9 Å². The molecule has 0 aromatic rings. The number of hydrogen-bond acceptors (Lipinski definition) is 2. The first-order valence-corrected chi connectivity index (χ1v) is 4.49. The van der Waals surface area contributed by atoms with Gasteiger partial charge in [-0.1, -0.05) is 6.58 Å². The van der Waals surface area contributed by atoms with Gasteiger partial charge in [-0.05, 0) is 13.5 Å². The van der Waals surface area contributed by atoms with Crippen molar-refractivity contribution >= 4 is 6.03 Å². The van der Waals surface area contributed by atoms with Gasteiger partial charge >= 0.3 is 6.03 Å². The van der Waals surface area contributed by atoms with Crippen molar-refractivity contribution in [1.82, 2.24) is 15.1 Å². The van der Waals surface area contributed by atoms with Crippen molar-refractivity contribution in [3.8, 4) is 0 Å². The van der Waals surface area contributed by atoms with E-state index in [4.69, 9.17) is 0 Å². The first kappa shape index (κ1) is 8.56. The standard InChI is InChI=1S/C9H15N3O/c1-7-9(4-5-11(2)6-9)10-8(13)12(7)3/h1,4-6H2,2-3H3,(H,10,13). The minimum Gasteiger partial charge on any atom is -0.325 e. The molecule has 0 aromatic heterocycles. The summed E-state index contributed by atoms with van der Waals surface area (Å²) in [5, 5.41) is 3.00. The molecule has 13 heavy (non-hydrogen) atoms. The summed E-state index contributed by atoms with van der Waals surface area (Å²) in [6.07, 6.45) is 0.971. The van der Waals surface area contributed by atoms with Gasteiger partial charge in [0.05, 0.1) is 5.54 Å². The van der Waals surface area contributed by atoms with E-state index in [-0.39, 0.29) is 11.6 Å². The molecule has 1 N–H and O–H groups in total. The van der Waals surface area contributed by atoms with Crippen LogP contribution >= 0.6 is 0 Å². The van der Waals surface area contributed by atoms with Crippen LogP contribution in [0, 0.1) is 0 Å². The monoisotopic (exact) mass is 181 g/mol. The lowest BCUT2D eigenvalue weighted by Gasteiger charge is -2.23. The fourth-order valence-electron chi connectivity index (χ4n) is 2.14. The molecule has 0 radical (unpaired) electrons. The molecule has 2 aliphatic heterocycles. The highest BCUT2D eigenvalue weighted by molar-refractivity contribution is 5.81. The predicted octanol–water partition coefficient (Wildman–Crippen LogP) is 0.229. The molecule has 0 aromatic carbocycles. The molecular formula is C9H15N3O. The average Bonchev–Trinajstić information content (AvgIpc) is 2.53. The van der Waals surface area contributed by atoms with Crippen LogP contribution in [0.3, 0.4) is 0 Å². The Kier molecular flexibility index (Phi) is 1.63. The second-order valence-electron chi connectivity index (χ2n) is 4.01. The summed E-state index contributed by atoms with van der Waals surface area (Å²) in [7, 11) is 3.83. The molecule has 2 amide bonds. The van der Waals surface area contributed by atoms with Crippen molar-refractivity contribution in [2.24, 2.45) is 0 Å². The van der Waals surface area contributed by atoms with E-state index in [0.717, 1.165) is 25.2 Å². The maximum Gasteiger partial charge on any atom is 0.322 e. The largest absolute Gasteiger partial charge is 0.325 e. The van der Waals surface area contributed by atoms with Crippen LogP contribution in [0.15, 0.2) is 12.3 Å². The number of hydrogen-bond donors (Lipinski definition) is 1. The fraction of sp³-hybridized carbons (Fsp3) is 0.667. The lowest BCUT2D eigenvalue weighted by atomic mass is 9.96. The lowest BCUT2D eigenvalue weighted by Crippen LogP contribution is -2.44. The number of carbonyl (C=O) groups is 1. The van der Waals surface area contributed by atoms with Crippen LogP contribution in [-0.2, 0) is 0 Å². The Morgan fingerprint density at radius 3 is 2.62 bits per heavy atom. The molecule has 0 aliphatic carbocycles. The zero-order chi connectivity index (χ0) is 9.64. The normalized spacial score (nSPS) is 34.8. The number of nitrogens with one attached hydrogen (secondary N) is 1. The lowest BCUT2D eigenvalue weighted by molar-refractivity contribution is 0.228. The summed E-state index contributed by atoms with van der Waals surface area (Å²) in [5.74, 6) is 0. The topological polar surface area (TPSA) is 35.6 Å². The highest BCUT2D eigenvalue weighted by Gasteiger charge is 2.48.